The van der Waals surface area contributed by atoms with Crippen LogP contribution in [0.4, 0.5) is 0 Å². The number of hydrogen-bond donors (Lipinski definition) is 2. The summed E-state index contributed by atoms with van der Waals surface area (Å²) < 4.78 is 11.1. The Hall–Kier alpha value is -3.61. The fraction of sp³-hybridized carbons (Fsp3) is 0.190. The minimum Gasteiger partial charge on any atom is -0.484 e. The highest BCUT2D eigenvalue weighted by atomic mass is 16.5. The van der Waals surface area contributed by atoms with Crippen molar-refractivity contribution in [2.24, 2.45) is 5.73 Å². The second-order valence-corrected chi connectivity index (χ2v) is 6.86. The average Bonchev–Trinajstić information content (AvgIpc) is 2.98. The summed E-state index contributed by atoms with van der Waals surface area (Å²) in [6, 6.07) is 9.82. The molecule has 7 heteroatoms. The zero-order valence-corrected chi connectivity index (χ0v) is 15.4. The van der Waals surface area contributed by atoms with Crippen LogP contribution >= 0.6 is 0 Å². The summed E-state index contributed by atoms with van der Waals surface area (Å²) in [5.41, 5.74) is 8.03. The zero-order chi connectivity index (χ0) is 20.0. The van der Waals surface area contributed by atoms with Gasteiger partial charge in [-0.15, -0.1) is 0 Å². The molecule has 2 heterocycles. The van der Waals surface area contributed by atoms with Crippen molar-refractivity contribution in [2.75, 3.05) is 6.61 Å². The van der Waals surface area contributed by atoms with Gasteiger partial charge in [0.1, 0.15) is 11.3 Å². The molecule has 1 aromatic heterocycles. The third-order valence-corrected chi connectivity index (χ3v) is 4.72. The first-order valence-corrected chi connectivity index (χ1v) is 8.75. The van der Waals surface area contributed by atoms with E-state index in [0.29, 0.717) is 27.8 Å². The largest absolute Gasteiger partial charge is 0.484 e. The van der Waals surface area contributed by atoms with Crippen LogP contribution in [-0.4, -0.2) is 18.4 Å². The van der Waals surface area contributed by atoms with E-state index in [1.54, 1.807) is 30.3 Å². The predicted octanol–water partition coefficient (Wildman–Crippen LogP) is 2.11. The summed E-state index contributed by atoms with van der Waals surface area (Å²) in [6.07, 6.45) is 0. The van der Waals surface area contributed by atoms with E-state index in [1.165, 1.54) is 0 Å². The SMILES string of the molecule is Cc1cc(C)c2oc3c(c(=O)c2c1)C(c1ccc(OCC(N)=O)cc1)NC3=O. The van der Waals surface area contributed by atoms with Gasteiger partial charge in [0, 0.05) is 0 Å². The van der Waals surface area contributed by atoms with E-state index in [0.717, 1.165) is 11.1 Å². The minimum absolute atomic E-state index is 0.0449. The Kier molecular flexibility index (Phi) is 4.15. The zero-order valence-electron chi connectivity index (χ0n) is 15.4. The number of amides is 2. The first-order chi connectivity index (χ1) is 13.3. The summed E-state index contributed by atoms with van der Waals surface area (Å²) in [4.78, 5) is 36.4. The fourth-order valence-corrected chi connectivity index (χ4v) is 3.52. The number of nitrogens with one attached hydrogen (secondary N) is 1. The van der Waals surface area contributed by atoms with Gasteiger partial charge in [-0.05, 0) is 48.7 Å². The molecule has 7 nitrogen and oxygen atoms in total. The molecule has 0 saturated carbocycles. The molecule has 3 N–H and O–H groups in total. The molecule has 2 aromatic carbocycles. The van der Waals surface area contributed by atoms with Crippen LogP contribution in [0.5, 0.6) is 5.75 Å². The van der Waals surface area contributed by atoms with Crippen molar-refractivity contribution in [3.8, 4) is 5.75 Å². The molecule has 142 valence electrons. The molecule has 0 aliphatic carbocycles. The van der Waals surface area contributed by atoms with Crippen LogP contribution in [-0.2, 0) is 4.79 Å². The maximum atomic E-state index is 13.2. The molecular weight excluding hydrogens is 360 g/mol. The normalized spacial score (nSPS) is 15.4. The Bertz CT molecular complexity index is 1180. The fourth-order valence-electron chi connectivity index (χ4n) is 3.52. The Balaban J connectivity index is 1.79. The Morgan fingerprint density at radius 1 is 1.18 bits per heavy atom. The van der Waals surface area contributed by atoms with Crippen molar-refractivity contribution in [2.45, 2.75) is 19.9 Å². The standard InChI is InChI=1S/C21H18N2O5/c1-10-7-11(2)19-14(8-10)18(25)16-17(23-21(26)20(16)28-19)12-3-5-13(6-4-12)27-9-15(22)24/h3-8,17H,9H2,1-2H3,(H2,22,24)(H,23,26). The lowest BCUT2D eigenvalue weighted by Crippen LogP contribution is -2.22. The van der Waals surface area contributed by atoms with Crippen LogP contribution in [0.25, 0.3) is 11.0 Å². The third kappa shape index (κ3) is 2.90. The molecular formula is C21H18N2O5. The summed E-state index contributed by atoms with van der Waals surface area (Å²) in [5.74, 6) is -0.489. The monoisotopic (exact) mass is 378 g/mol. The number of fused-ring (bicyclic) bond motifs is 2. The highest BCUT2D eigenvalue weighted by Gasteiger charge is 2.36. The highest BCUT2D eigenvalue weighted by molar-refractivity contribution is 5.99. The Labute approximate surface area is 160 Å². The van der Waals surface area contributed by atoms with Gasteiger partial charge in [0.15, 0.2) is 12.0 Å². The van der Waals surface area contributed by atoms with Gasteiger partial charge in [-0.1, -0.05) is 18.2 Å². The van der Waals surface area contributed by atoms with Crippen molar-refractivity contribution in [3.63, 3.8) is 0 Å². The molecule has 1 aliphatic heterocycles. The summed E-state index contributed by atoms with van der Waals surface area (Å²) in [5, 5.41) is 3.27. The molecule has 1 atom stereocenters. The number of nitrogens with two attached hydrogens (primary N) is 1. The smallest absolute Gasteiger partial charge is 0.288 e. The number of ether oxygens (including phenoxy) is 1. The Morgan fingerprint density at radius 3 is 2.57 bits per heavy atom. The number of aryl methyl sites for hydroxylation is 2. The molecule has 1 unspecified atom stereocenters. The summed E-state index contributed by atoms with van der Waals surface area (Å²) in [6.45, 7) is 3.53. The van der Waals surface area contributed by atoms with Gasteiger partial charge in [-0.25, -0.2) is 0 Å². The second-order valence-electron chi connectivity index (χ2n) is 6.86. The topological polar surface area (TPSA) is 112 Å². The molecule has 0 radical (unpaired) electrons. The lowest BCUT2D eigenvalue weighted by molar-refractivity contribution is -0.119. The average molecular weight is 378 g/mol. The van der Waals surface area contributed by atoms with Crippen LogP contribution in [0.15, 0.2) is 45.6 Å². The molecule has 2 amide bonds. The van der Waals surface area contributed by atoms with Gasteiger partial charge in [0.2, 0.25) is 5.76 Å². The number of benzene rings is 2. The van der Waals surface area contributed by atoms with E-state index >= 15 is 0 Å². The number of rotatable bonds is 4. The first-order valence-electron chi connectivity index (χ1n) is 8.75. The molecule has 0 saturated heterocycles. The van der Waals surface area contributed by atoms with Crippen molar-refractivity contribution in [1.82, 2.24) is 5.32 Å². The van der Waals surface area contributed by atoms with E-state index in [-0.39, 0.29) is 17.8 Å². The van der Waals surface area contributed by atoms with E-state index < -0.39 is 17.9 Å². The molecule has 1 aliphatic rings. The molecule has 0 fully saturated rings. The van der Waals surface area contributed by atoms with Crippen molar-refractivity contribution in [1.29, 1.82) is 0 Å². The molecule has 4 rings (SSSR count). The number of primary amides is 1. The summed E-state index contributed by atoms with van der Waals surface area (Å²) >= 11 is 0. The molecule has 3 aromatic rings. The summed E-state index contributed by atoms with van der Waals surface area (Å²) in [7, 11) is 0. The quantitative estimate of drug-likeness (QED) is 0.722. The second kappa shape index (κ2) is 6.53. The lowest BCUT2D eigenvalue weighted by Gasteiger charge is -2.13. The van der Waals surface area contributed by atoms with Gasteiger partial charge in [-0.3, -0.25) is 14.4 Å². The Morgan fingerprint density at radius 2 is 1.89 bits per heavy atom. The minimum atomic E-state index is -0.617. The maximum Gasteiger partial charge on any atom is 0.288 e. The number of carbonyl (C=O) groups excluding carboxylic acids is 2. The highest BCUT2D eigenvalue weighted by Crippen LogP contribution is 2.32. The van der Waals surface area contributed by atoms with Gasteiger partial charge >= 0.3 is 0 Å². The number of hydrogen-bond acceptors (Lipinski definition) is 5. The van der Waals surface area contributed by atoms with Gasteiger partial charge in [0.05, 0.1) is 17.0 Å². The molecule has 28 heavy (non-hydrogen) atoms. The molecule has 0 spiro atoms. The lowest BCUT2D eigenvalue weighted by atomic mass is 9.98. The predicted molar refractivity (Wildman–Crippen MR) is 102 cm³/mol. The van der Waals surface area contributed by atoms with Crippen LogP contribution in [0.1, 0.15) is 38.9 Å². The van der Waals surface area contributed by atoms with Crippen molar-refractivity contribution in [3.05, 3.63) is 74.6 Å². The maximum absolute atomic E-state index is 13.2. The van der Waals surface area contributed by atoms with Crippen LogP contribution in [0.3, 0.4) is 0 Å². The van der Waals surface area contributed by atoms with E-state index in [9.17, 15) is 14.4 Å². The van der Waals surface area contributed by atoms with Crippen LogP contribution in [0, 0.1) is 13.8 Å². The first kappa shape index (κ1) is 17.8. The van der Waals surface area contributed by atoms with E-state index in [2.05, 4.69) is 5.32 Å². The van der Waals surface area contributed by atoms with Gasteiger partial charge in [-0.2, -0.15) is 0 Å². The van der Waals surface area contributed by atoms with Crippen molar-refractivity contribution >= 4 is 22.8 Å². The van der Waals surface area contributed by atoms with Crippen molar-refractivity contribution < 1.29 is 18.7 Å². The van der Waals surface area contributed by atoms with Gasteiger partial charge in [0.25, 0.3) is 11.8 Å². The number of carbonyl (C=O) groups is 2. The molecule has 0 bridgehead atoms. The van der Waals surface area contributed by atoms with Gasteiger partial charge < -0.3 is 20.2 Å². The van der Waals surface area contributed by atoms with Crippen LogP contribution in [0.2, 0.25) is 0 Å². The van der Waals surface area contributed by atoms with E-state index in [1.807, 2.05) is 19.9 Å². The third-order valence-electron chi connectivity index (χ3n) is 4.72. The van der Waals surface area contributed by atoms with Crippen LogP contribution < -0.4 is 21.2 Å². The van der Waals surface area contributed by atoms with E-state index in [4.69, 9.17) is 14.9 Å².